The second-order valence-corrected chi connectivity index (χ2v) is 4.75. The van der Waals surface area contributed by atoms with Crippen LogP contribution in [-0.4, -0.2) is 5.91 Å². The van der Waals surface area contributed by atoms with Gasteiger partial charge < -0.3 is 5.32 Å². The molecule has 0 aromatic heterocycles. The van der Waals surface area contributed by atoms with E-state index >= 15 is 0 Å². The van der Waals surface area contributed by atoms with Gasteiger partial charge in [-0.1, -0.05) is 25.4 Å². The Morgan fingerprint density at radius 2 is 2.00 bits per heavy atom. The van der Waals surface area contributed by atoms with Gasteiger partial charge in [0, 0.05) is 6.42 Å². The van der Waals surface area contributed by atoms with Crippen LogP contribution in [0.2, 0.25) is 5.02 Å². The van der Waals surface area contributed by atoms with E-state index in [0.717, 1.165) is 18.2 Å². The zero-order valence-electron chi connectivity index (χ0n) is 9.94. The van der Waals surface area contributed by atoms with Crippen LogP contribution in [0.15, 0.2) is 18.2 Å². The molecule has 0 saturated heterocycles. The van der Waals surface area contributed by atoms with Crippen molar-refractivity contribution < 1.29 is 18.0 Å². The summed E-state index contributed by atoms with van der Waals surface area (Å²) in [6, 6.07) is 2.84. The van der Waals surface area contributed by atoms with E-state index in [9.17, 15) is 18.0 Å². The molecule has 0 heterocycles. The molecular formula is C12H13ClF3NO. The topological polar surface area (TPSA) is 29.1 Å². The van der Waals surface area contributed by atoms with Gasteiger partial charge in [0.1, 0.15) is 0 Å². The molecule has 2 nitrogen and oxygen atoms in total. The molecular weight excluding hydrogens is 267 g/mol. The number of hydrogen-bond acceptors (Lipinski definition) is 1. The van der Waals surface area contributed by atoms with Gasteiger partial charge in [0.15, 0.2) is 0 Å². The molecule has 1 aromatic carbocycles. The fraction of sp³-hybridized carbons (Fsp3) is 0.417. The number of carbonyl (C=O) groups excluding carboxylic acids is 1. The first-order valence-electron chi connectivity index (χ1n) is 5.36. The van der Waals surface area contributed by atoms with Crippen LogP contribution >= 0.6 is 11.6 Å². The summed E-state index contributed by atoms with van der Waals surface area (Å²) in [5, 5.41) is 2.36. The second-order valence-electron chi connectivity index (χ2n) is 4.34. The van der Waals surface area contributed by atoms with Crippen LogP contribution < -0.4 is 5.32 Å². The van der Waals surface area contributed by atoms with E-state index < -0.39 is 11.7 Å². The molecule has 18 heavy (non-hydrogen) atoms. The summed E-state index contributed by atoms with van der Waals surface area (Å²) in [5.41, 5.74) is -0.648. The number of halogens is 4. The smallest absolute Gasteiger partial charge is 0.325 e. The number of benzene rings is 1. The van der Waals surface area contributed by atoms with Gasteiger partial charge in [0.05, 0.1) is 16.3 Å². The molecule has 100 valence electrons. The standard InChI is InChI=1S/C12H13ClF3NO/c1-7(2)5-11(18)17-10-4-3-8(6-9(10)13)12(14,15)16/h3-4,6-7H,5H2,1-2H3,(H,17,18). The van der Waals surface area contributed by atoms with Gasteiger partial charge in [-0.05, 0) is 24.1 Å². The van der Waals surface area contributed by atoms with Crippen molar-refractivity contribution in [2.24, 2.45) is 5.92 Å². The number of hydrogen-bond donors (Lipinski definition) is 1. The molecule has 0 atom stereocenters. The fourth-order valence-electron chi connectivity index (χ4n) is 1.36. The highest BCUT2D eigenvalue weighted by Crippen LogP contribution is 2.33. The average molecular weight is 280 g/mol. The van der Waals surface area contributed by atoms with Crippen molar-refractivity contribution in [1.29, 1.82) is 0 Å². The molecule has 0 radical (unpaired) electrons. The second kappa shape index (κ2) is 5.61. The van der Waals surface area contributed by atoms with E-state index in [-0.39, 0.29) is 29.0 Å². The van der Waals surface area contributed by atoms with E-state index in [2.05, 4.69) is 5.32 Å². The highest BCUT2D eigenvalue weighted by Gasteiger charge is 2.30. The van der Waals surface area contributed by atoms with Crippen molar-refractivity contribution in [2.75, 3.05) is 5.32 Å². The molecule has 0 bridgehead atoms. The van der Waals surface area contributed by atoms with Crippen molar-refractivity contribution >= 4 is 23.2 Å². The quantitative estimate of drug-likeness (QED) is 0.876. The number of carbonyl (C=O) groups is 1. The van der Waals surface area contributed by atoms with Gasteiger partial charge in [0.2, 0.25) is 5.91 Å². The highest BCUT2D eigenvalue weighted by molar-refractivity contribution is 6.33. The molecule has 1 aromatic rings. The van der Waals surface area contributed by atoms with Crippen LogP contribution in [-0.2, 0) is 11.0 Å². The van der Waals surface area contributed by atoms with Crippen molar-refractivity contribution in [1.82, 2.24) is 0 Å². The zero-order chi connectivity index (χ0) is 13.9. The van der Waals surface area contributed by atoms with Crippen molar-refractivity contribution in [3.8, 4) is 0 Å². The third kappa shape index (κ3) is 4.22. The number of rotatable bonds is 3. The van der Waals surface area contributed by atoms with E-state index in [1.165, 1.54) is 0 Å². The summed E-state index contributed by atoms with van der Waals surface area (Å²) in [6.45, 7) is 3.74. The molecule has 0 fully saturated rings. The van der Waals surface area contributed by atoms with Gasteiger partial charge in [-0.2, -0.15) is 13.2 Å². The van der Waals surface area contributed by atoms with Crippen LogP contribution in [0, 0.1) is 5.92 Å². The molecule has 0 aliphatic carbocycles. The minimum atomic E-state index is -4.44. The van der Waals surface area contributed by atoms with Crippen LogP contribution in [0.4, 0.5) is 18.9 Å². The normalized spacial score (nSPS) is 11.7. The molecule has 0 aliphatic heterocycles. The fourth-order valence-corrected chi connectivity index (χ4v) is 1.59. The molecule has 1 N–H and O–H groups in total. The molecule has 0 unspecified atom stereocenters. The SMILES string of the molecule is CC(C)CC(=O)Nc1ccc(C(F)(F)F)cc1Cl. The summed E-state index contributed by atoms with van der Waals surface area (Å²) < 4.78 is 37.2. The Hall–Kier alpha value is -1.23. The van der Waals surface area contributed by atoms with E-state index in [4.69, 9.17) is 11.6 Å². The number of nitrogens with one attached hydrogen (secondary N) is 1. The average Bonchev–Trinajstić information content (AvgIpc) is 2.18. The van der Waals surface area contributed by atoms with Crippen LogP contribution in [0.1, 0.15) is 25.8 Å². The minimum Gasteiger partial charge on any atom is -0.325 e. The molecule has 6 heteroatoms. The lowest BCUT2D eigenvalue weighted by atomic mass is 10.1. The van der Waals surface area contributed by atoms with Crippen LogP contribution in [0.5, 0.6) is 0 Å². The monoisotopic (exact) mass is 279 g/mol. The van der Waals surface area contributed by atoms with Gasteiger partial charge in [-0.3, -0.25) is 4.79 Å². The lowest BCUT2D eigenvalue weighted by Gasteiger charge is -2.11. The third-order valence-electron chi connectivity index (χ3n) is 2.16. The van der Waals surface area contributed by atoms with Gasteiger partial charge >= 0.3 is 6.18 Å². The number of amides is 1. The van der Waals surface area contributed by atoms with Gasteiger partial charge in [-0.15, -0.1) is 0 Å². The predicted molar refractivity (Wildman–Crippen MR) is 64.5 cm³/mol. The summed E-state index contributed by atoms with van der Waals surface area (Å²) in [6.07, 6.45) is -4.15. The van der Waals surface area contributed by atoms with E-state index in [1.54, 1.807) is 0 Å². The van der Waals surface area contributed by atoms with Crippen LogP contribution in [0.25, 0.3) is 0 Å². The summed E-state index contributed by atoms with van der Waals surface area (Å²) in [5.74, 6) is -0.107. The first kappa shape index (κ1) is 14.8. The molecule has 0 spiro atoms. The Morgan fingerprint density at radius 1 is 1.39 bits per heavy atom. The lowest BCUT2D eigenvalue weighted by molar-refractivity contribution is -0.137. The zero-order valence-corrected chi connectivity index (χ0v) is 10.7. The Balaban J connectivity index is 2.84. The Morgan fingerprint density at radius 3 is 2.44 bits per heavy atom. The maximum atomic E-state index is 12.4. The van der Waals surface area contributed by atoms with Crippen molar-refractivity contribution in [2.45, 2.75) is 26.4 Å². The Kier molecular flexibility index (Phi) is 4.62. The molecule has 0 aliphatic rings. The molecule has 1 amide bonds. The highest BCUT2D eigenvalue weighted by atomic mass is 35.5. The summed E-state index contributed by atoms with van der Waals surface area (Å²) in [4.78, 5) is 11.5. The number of alkyl halides is 3. The molecule has 0 saturated carbocycles. The Labute approximate surface area is 108 Å². The maximum Gasteiger partial charge on any atom is 0.416 e. The third-order valence-corrected chi connectivity index (χ3v) is 2.48. The maximum absolute atomic E-state index is 12.4. The summed E-state index contributed by atoms with van der Waals surface area (Å²) in [7, 11) is 0. The van der Waals surface area contributed by atoms with E-state index in [0.29, 0.717) is 0 Å². The first-order chi connectivity index (χ1) is 8.20. The molecule has 1 rings (SSSR count). The van der Waals surface area contributed by atoms with Crippen molar-refractivity contribution in [3.63, 3.8) is 0 Å². The van der Waals surface area contributed by atoms with Gasteiger partial charge in [-0.25, -0.2) is 0 Å². The summed E-state index contributed by atoms with van der Waals surface area (Å²) >= 11 is 5.70. The van der Waals surface area contributed by atoms with Gasteiger partial charge in [0.25, 0.3) is 0 Å². The first-order valence-corrected chi connectivity index (χ1v) is 5.74. The predicted octanol–water partition coefficient (Wildman–Crippen LogP) is 4.34. The van der Waals surface area contributed by atoms with Crippen molar-refractivity contribution in [3.05, 3.63) is 28.8 Å². The lowest BCUT2D eigenvalue weighted by Crippen LogP contribution is -2.14. The minimum absolute atomic E-state index is 0.123. The van der Waals surface area contributed by atoms with Crippen LogP contribution in [0.3, 0.4) is 0 Å². The largest absolute Gasteiger partial charge is 0.416 e. The number of anilines is 1. The Bertz CT molecular complexity index is 443. The van der Waals surface area contributed by atoms with E-state index in [1.807, 2.05) is 13.8 Å².